The van der Waals surface area contributed by atoms with Gasteiger partial charge in [-0.15, -0.1) is 0 Å². The maximum atomic E-state index is 11.1. The molecule has 2 rings (SSSR count). The molecule has 0 aromatic carbocycles. The lowest BCUT2D eigenvalue weighted by Crippen LogP contribution is -2.45. The number of anilines is 1. The van der Waals surface area contributed by atoms with Crippen molar-refractivity contribution in [2.75, 3.05) is 38.1 Å². The van der Waals surface area contributed by atoms with Gasteiger partial charge in [-0.25, -0.2) is 9.97 Å². The van der Waals surface area contributed by atoms with E-state index < -0.39 is 0 Å². The highest BCUT2D eigenvalue weighted by Crippen LogP contribution is 2.23. The van der Waals surface area contributed by atoms with Crippen molar-refractivity contribution in [1.82, 2.24) is 14.9 Å². The number of carbonyl (C=O) groups excluding carboxylic acids is 1. The zero-order chi connectivity index (χ0) is 12.4. The average Bonchev–Trinajstić information content (AvgIpc) is 2.29. The van der Waals surface area contributed by atoms with Crippen molar-refractivity contribution in [2.45, 2.75) is 6.92 Å². The van der Waals surface area contributed by atoms with Crippen LogP contribution in [0.25, 0.3) is 0 Å². The van der Waals surface area contributed by atoms with Gasteiger partial charge < -0.3 is 9.80 Å². The maximum absolute atomic E-state index is 11.1. The summed E-state index contributed by atoms with van der Waals surface area (Å²) in [4.78, 5) is 23.7. The first-order valence-corrected chi connectivity index (χ1v) is 5.92. The first kappa shape index (κ1) is 12.3. The van der Waals surface area contributed by atoms with Gasteiger partial charge in [-0.3, -0.25) is 4.79 Å². The molecule has 2 heterocycles. The van der Waals surface area contributed by atoms with Gasteiger partial charge in [0, 0.05) is 26.2 Å². The molecule has 1 aromatic heterocycles. The summed E-state index contributed by atoms with van der Waals surface area (Å²) in [6.07, 6.45) is 0.732. The van der Waals surface area contributed by atoms with Gasteiger partial charge in [-0.1, -0.05) is 11.6 Å². The Morgan fingerprint density at radius 2 is 1.88 bits per heavy atom. The number of hydrogen-bond donors (Lipinski definition) is 0. The summed E-state index contributed by atoms with van der Waals surface area (Å²) in [6.45, 7) is 5.40. The molecular weight excluding hydrogens is 240 g/mol. The molecule has 0 saturated carbocycles. The number of piperazine rings is 1. The standard InChI is InChI=1S/C11H15ClN4O/c1-8-13-10(12)9(7-17)11(14-8)16-5-3-15(2)4-6-16/h7H,3-6H2,1-2H3. The zero-order valence-electron chi connectivity index (χ0n) is 9.98. The second-order valence-electron chi connectivity index (χ2n) is 4.21. The third-order valence-electron chi connectivity index (χ3n) is 2.91. The Labute approximate surface area is 105 Å². The van der Waals surface area contributed by atoms with E-state index in [0.717, 1.165) is 32.5 Å². The van der Waals surface area contributed by atoms with Crippen molar-refractivity contribution in [3.05, 3.63) is 16.5 Å². The molecule has 0 aliphatic carbocycles. The van der Waals surface area contributed by atoms with Gasteiger partial charge in [0.25, 0.3) is 0 Å². The zero-order valence-corrected chi connectivity index (χ0v) is 10.7. The van der Waals surface area contributed by atoms with Gasteiger partial charge in [0.15, 0.2) is 6.29 Å². The van der Waals surface area contributed by atoms with Crippen LogP contribution >= 0.6 is 11.6 Å². The Hall–Kier alpha value is -1.20. The van der Waals surface area contributed by atoms with Crippen LogP contribution in [0, 0.1) is 6.92 Å². The van der Waals surface area contributed by atoms with Gasteiger partial charge in [-0.05, 0) is 14.0 Å². The Morgan fingerprint density at radius 3 is 2.47 bits per heavy atom. The Balaban J connectivity index is 2.34. The second kappa shape index (κ2) is 4.98. The molecule has 1 aliphatic rings. The summed E-state index contributed by atoms with van der Waals surface area (Å²) in [5.74, 6) is 1.25. The van der Waals surface area contributed by atoms with Crippen LogP contribution in [0.3, 0.4) is 0 Å². The van der Waals surface area contributed by atoms with Crippen LogP contribution in [-0.2, 0) is 0 Å². The van der Waals surface area contributed by atoms with Crippen molar-refractivity contribution in [3.8, 4) is 0 Å². The summed E-state index contributed by atoms with van der Waals surface area (Å²) in [6, 6.07) is 0. The lowest BCUT2D eigenvalue weighted by molar-refractivity contribution is 0.112. The quantitative estimate of drug-likeness (QED) is 0.582. The topological polar surface area (TPSA) is 49.3 Å². The molecule has 17 heavy (non-hydrogen) atoms. The summed E-state index contributed by atoms with van der Waals surface area (Å²) in [5.41, 5.74) is 0.391. The monoisotopic (exact) mass is 254 g/mol. The highest BCUT2D eigenvalue weighted by atomic mass is 35.5. The predicted molar refractivity (Wildman–Crippen MR) is 66.9 cm³/mol. The molecule has 1 saturated heterocycles. The van der Waals surface area contributed by atoms with Crippen LogP contribution in [0.2, 0.25) is 5.15 Å². The van der Waals surface area contributed by atoms with Crippen molar-refractivity contribution in [2.24, 2.45) is 0 Å². The smallest absolute Gasteiger partial charge is 0.156 e. The first-order chi connectivity index (χ1) is 8.11. The first-order valence-electron chi connectivity index (χ1n) is 5.54. The van der Waals surface area contributed by atoms with E-state index in [1.807, 2.05) is 0 Å². The number of carbonyl (C=O) groups is 1. The molecule has 0 amide bonds. The number of hydrogen-bond acceptors (Lipinski definition) is 5. The summed E-state index contributed by atoms with van der Waals surface area (Å²) >= 11 is 5.96. The van der Waals surface area contributed by atoms with Gasteiger partial charge in [0.05, 0.1) is 5.56 Å². The molecule has 0 bridgehead atoms. The molecule has 0 atom stereocenters. The fraction of sp³-hybridized carbons (Fsp3) is 0.545. The van der Waals surface area contributed by atoms with Crippen LogP contribution in [0.4, 0.5) is 5.82 Å². The molecule has 0 N–H and O–H groups in total. The Morgan fingerprint density at radius 1 is 1.24 bits per heavy atom. The van der Waals surface area contributed by atoms with Gasteiger partial charge in [0.2, 0.25) is 0 Å². The van der Waals surface area contributed by atoms with Crippen molar-refractivity contribution >= 4 is 23.7 Å². The number of aldehydes is 1. The minimum Gasteiger partial charge on any atom is -0.353 e. The fourth-order valence-corrected chi connectivity index (χ4v) is 2.15. The minimum absolute atomic E-state index is 0.237. The summed E-state index contributed by atoms with van der Waals surface area (Å²) in [5, 5.41) is 0.237. The van der Waals surface area contributed by atoms with Gasteiger partial charge in [-0.2, -0.15) is 0 Å². The van der Waals surface area contributed by atoms with E-state index in [1.165, 1.54) is 0 Å². The van der Waals surface area contributed by atoms with Crippen molar-refractivity contribution in [3.63, 3.8) is 0 Å². The molecule has 0 spiro atoms. The average molecular weight is 255 g/mol. The molecule has 1 aromatic rings. The van der Waals surface area contributed by atoms with E-state index >= 15 is 0 Å². The van der Waals surface area contributed by atoms with E-state index in [9.17, 15) is 4.79 Å². The third-order valence-corrected chi connectivity index (χ3v) is 3.20. The van der Waals surface area contributed by atoms with Crippen LogP contribution in [0.1, 0.15) is 16.2 Å². The van der Waals surface area contributed by atoms with E-state index in [4.69, 9.17) is 11.6 Å². The molecule has 0 radical (unpaired) electrons. The number of likely N-dealkylation sites (N-methyl/N-ethyl adjacent to an activating group) is 1. The summed E-state index contributed by atoms with van der Waals surface area (Å²) in [7, 11) is 2.08. The van der Waals surface area contributed by atoms with E-state index in [1.54, 1.807) is 6.92 Å². The number of aromatic nitrogens is 2. The maximum Gasteiger partial charge on any atom is 0.156 e. The van der Waals surface area contributed by atoms with Crippen molar-refractivity contribution in [1.29, 1.82) is 0 Å². The highest BCUT2D eigenvalue weighted by molar-refractivity contribution is 6.32. The molecule has 1 fully saturated rings. The number of aryl methyl sites for hydroxylation is 1. The molecule has 0 unspecified atom stereocenters. The van der Waals surface area contributed by atoms with E-state index in [0.29, 0.717) is 17.2 Å². The largest absolute Gasteiger partial charge is 0.353 e. The molecule has 5 nitrogen and oxygen atoms in total. The number of halogens is 1. The predicted octanol–water partition coefficient (Wildman–Crippen LogP) is 1.00. The lowest BCUT2D eigenvalue weighted by atomic mass is 10.2. The summed E-state index contributed by atoms with van der Waals surface area (Å²) < 4.78 is 0. The van der Waals surface area contributed by atoms with Gasteiger partial charge >= 0.3 is 0 Å². The Kier molecular flexibility index (Phi) is 3.59. The highest BCUT2D eigenvalue weighted by Gasteiger charge is 2.20. The van der Waals surface area contributed by atoms with Gasteiger partial charge in [0.1, 0.15) is 16.8 Å². The van der Waals surface area contributed by atoms with E-state index in [2.05, 4.69) is 26.8 Å². The van der Waals surface area contributed by atoms with Crippen LogP contribution < -0.4 is 4.90 Å². The molecule has 92 valence electrons. The number of nitrogens with zero attached hydrogens (tertiary/aromatic N) is 4. The minimum atomic E-state index is 0.237. The molecule has 1 aliphatic heterocycles. The SMILES string of the molecule is Cc1nc(Cl)c(C=O)c(N2CCN(C)CC2)n1. The van der Waals surface area contributed by atoms with E-state index in [-0.39, 0.29) is 5.15 Å². The normalized spacial score (nSPS) is 17.2. The number of rotatable bonds is 2. The third kappa shape index (κ3) is 2.56. The van der Waals surface area contributed by atoms with Crippen LogP contribution in [-0.4, -0.2) is 54.4 Å². The van der Waals surface area contributed by atoms with Crippen LogP contribution in [0.5, 0.6) is 0 Å². The fourth-order valence-electron chi connectivity index (χ4n) is 1.89. The molecule has 6 heteroatoms. The molecular formula is C11H15ClN4O. The van der Waals surface area contributed by atoms with Crippen molar-refractivity contribution < 1.29 is 4.79 Å². The second-order valence-corrected chi connectivity index (χ2v) is 4.57. The lowest BCUT2D eigenvalue weighted by Gasteiger charge is -2.33. The van der Waals surface area contributed by atoms with Crippen LogP contribution in [0.15, 0.2) is 0 Å². The Bertz CT molecular complexity index is 430.